The summed E-state index contributed by atoms with van der Waals surface area (Å²) in [5.74, 6) is -0.554. The average molecular weight is 463 g/mol. The van der Waals surface area contributed by atoms with Crippen molar-refractivity contribution in [3.05, 3.63) is 65.4 Å². The summed E-state index contributed by atoms with van der Waals surface area (Å²) in [7, 11) is 2.14. The van der Waals surface area contributed by atoms with Crippen molar-refractivity contribution in [1.82, 2.24) is 9.80 Å². The molecule has 2 aliphatic rings. The summed E-state index contributed by atoms with van der Waals surface area (Å²) in [6, 6.07) is 15.8. The maximum absolute atomic E-state index is 13.3. The molecule has 0 aliphatic carbocycles. The Kier molecular flexibility index (Phi) is 7.65. The fourth-order valence-corrected chi connectivity index (χ4v) is 4.32. The molecule has 1 fully saturated rings. The van der Waals surface area contributed by atoms with Gasteiger partial charge in [-0.3, -0.25) is 14.5 Å². The second-order valence-electron chi connectivity index (χ2n) is 8.89. The first-order valence-corrected chi connectivity index (χ1v) is 12.0. The highest BCUT2D eigenvalue weighted by Crippen LogP contribution is 2.31. The summed E-state index contributed by atoms with van der Waals surface area (Å²) in [6.45, 7) is 9.48. The van der Waals surface area contributed by atoms with E-state index in [4.69, 9.17) is 4.74 Å². The van der Waals surface area contributed by atoms with Gasteiger partial charge >= 0.3 is 0 Å². The molecule has 0 bridgehead atoms. The number of nitrogens with one attached hydrogen (secondary N) is 1. The molecular formula is C27H34N4O3. The molecular weight excluding hydrogens is 428 g/mol. The van der Waals surface area contributed by atoms with Crippen LogP contribution in [0.25, 0.3) is 5.57 Å². The quantitative estimate of drug-likeness (QED) is 0.455. The highest BCUT2D eigenvalue weighted by atomic mass is 16.5. The van der Waals surface area contributed by atoms with Crippen molar-refractivity contribution in [3.8, 4) is 0 Å². The lowest BCUT2D eigenvalue weighted by Gasteiger charge is -2.34. The minimum atomic E-state index is -0.291. The molecule has 0 aromatic heterocycles. The number of hydrogen-bond donors (Lipinski definition) is 1. The van der Waals surface area contributed by atoms with Crippen LogP contribution in [0, 0.1) is 6.92 Å². The number of piperazine rings is 1. The highest BCUT2D eigenvalue weighted by molar-refractivity contribution is 6.36. The van der Waals surface area contributed by atoms with E-state index in [9.17, 15) is 9.59 Å². The van der Waals surface area contributed by atoms with Gasteiger partial charge in [0.25, 0.3) is 11.8 Å². The molecule has 0 spiro atoms. The predicted molar refractivity (Wildman–Crippen MR) is 136 cm³/mol. The van der Waals surface area contributed by atoms with Crippen LogP contribution in [0.15, 0.2) is 54.2 Å². The number of likely N-dealkylation sites (N-methyl/N-ethyl adjacent to an activating group) is 1. The number of imide groups is 1. The van der Waals surface area contributed by atoms with Gasteiger partial charge in [-0.1, -0.05) is 29.8 Å². The Bertz CT molecular complexity index is 1040. The maximum Gasteiger partial charge on any atom is 0.278 e. The highest BCUT2D eigenvalue weighted by Gasteiger charge is 2.38. The Morgan fingerprint density at radius 2 is 1.59 bits per heavy atom. The lowest BCUT2D eigenvalue weighted by molar-refractivity contribution is -0.137. The zero-order valence-corrected chi connectivity index (χ0v) is 20.3. The summed E-state index contributed by atoms with van der Waals surface area (Å²) in [4.78, 5) is 32.6. The smallest absolute Gasteiger partial charge is 0.278 e. The van der Waals surface area contributed by atoms with Crippen LogP contribution < -0.4 is 10.2 Å². The third kappa shape index (κ3) is 5.32. The van der Waals surface area contributed by atoms with Crippen LogP contribution in [-0.2, 0) is 14.3 Å². The van der Waals surface area contributed by atoms with Gasteiger partial charge < -0.3 is 19.9 Å². The van der Waals surface area contributed by atoms with Crippen LogP contribution in [0.1, 0.15) is 24.5 Å². The van der Waals surface area contributed by atoms with Crippen LogP contribution in [0.2, 0.25) is 0 Å². The Morgan fingerprint density at radius 1 is 0.912 bits per heavy atom. The average Bonchev–Trinajstić information content (AvgIpc) is 3.07. The first kappa shape index (κ1) is 24.0. The van der Waals surface area contributed by atoms with Gasteiger partial charge in [0.1, 0.15) is 5.70 Å². The van der Waals surface area contributed by atoms with Gasteiger partial charge in [0.2, 0.25) is 0 Å². The largest absolute Gasteiger partial charge is 0.382 e. The number of rotatable bonds is 9. The van der Waals surface area contributed by atoms with Crippen LogP contribution in [0.5, 0.6) is 0 Å². The molecule has 2 heterocycles. The monoisotopic (exact) mass is 462 g/mol. The molecule has 2 aromatic carbocycles. The van der Waals surface area contributed by atoms with E-state index in [1.54, 1.807) is 0 Å². The summed E-state index contributed by atoms with van der Waals surface area (Å²) in [5, 5.41) is 3.26. The Labute approximate surface area is 202 Å². The normalized spacial score (nSPS) is 17.1. The molecule has 0 radical (unpaired) electrons. The van der Waals surface area contributed by atoms with E-state index in [2.05, 4.69) is 34.3 Å². The predicted octanol–water partition coefficient (Wildman–Crippen LogP) is 3.37. The zero-order chi connectivity index (χ0) is 24.1. The summed E-state index contributed by atoms with van der Waals surface area (Å²) in [5.41, 5.74) is 4.55. The van der Waals surface area contributed by atoms with E-state index in [0.717, 1.165) is 48.7 Å². The Balaban J connectivity index is 1.56. The first-order valence-electron chi connectivity index (χ1n) is 12.0. The van der Waals surface area contributed by atoms with Crippen molar-refractivity contribution in [2.24, 2.45) is 0 Å². The maximum atomic E-state index is 13.3. The molecule has 0 atom stereocenters. The number of carbonyl (C=O) groups is 2. The fourth-order valence-electron chi connectivity index (χ4n) is 4.32. The summed E-state index contributed by atoms with van der Waals surface area (Å²) in [6.07, 6.45) is 0.611. The molecule has 2 amide bonds. The molecule has 7 nitrogen and oxygen atoms in total. The Hall–Kier alpha value is -3.16. The molecule has 0 saturated carbocycles. The van der Waals surface area contributed by atoms with Gasteiger partial charge in [-0.15, -0.1) is 0 Å². The second-order valence-corrected chi connectivity index (χ2v) is 8.89. The minimum absolute atomic E-state index is 0.262. The van der Waals surface area contributed by atoms with Crippen molar-refractivity contribution in [1.29, 1.82) is 0 Å². The Morgan fingerprint density at radius 3 is 2.24 bits per heavy atom. The first-order chi connectivity index (χ1) is 16.5. The van der Waals surface area contributed by atoms with Crippen LogP contribution in [0.4, 0.5) is 11.4 Å². The molecule has 0 unspecified atom stereocenters. The van der Waals surface area contributed by atoms with E-state index in [1.165, 1.54) is 4.90 Å². The van der Waals surface area contributed by atoms with E-state index in [-0.39, 0.29) is 11.8 Å². The van der Waals surface area contributed by atoms with Gasteiger partial charge in [0, 0.05) is 57.3 Å². The molecule has 180 valence electrons. The summed E-state index contributed by atoms with van der Waals surface area (Å²) >= 11 is 0. The van der Waals surface area contributed by atoms with E-state index in [1.807, 2.05) is 50.2 Å². The third-order valence-electron chi connectivity index (χ3n) is 6.39. The number of anilines is 2. The zero-order valence-electron chi connectivity index (χ0n) is 20.3. The molecule has 7 heteroatoms. The van der Waals surface area contributed by atoms with Crippen molar-refractivity contribution < 1.29 is 14.3 Å². The van der Waals surface area contributed by atoms with Crippen molar-refractivity contribution in [3.63, 3.8) is 0 Å². The van der Waals surface area contributed by atoms with Crippen LogP contribution in [-0.4, -0.2) is 74.6 Å². The van der Waals surface area contributed by atoms with Gasteiger partial charge in [0.05, 0.1) is 5.57 Å². The minimum Gasteiger partial charge on any atom is -0.382 e. The molecule has 2 aromatic rings. The lowest BCUT2D eigenvalue weighted by atomic mass is 10.0. The van der Waals surface area contributed by atoms with Crippen LogP contribution in [0.3, 0.4) is 0 Å². The van der Waals surface area contributed by atoms with Crippen molar-refractivity contribution in [2.75, 3.05) is 63.2 Å². The molecule has 1 N–H and O–H groups in total. The topological polar surface area (TPSA) is 65.1 Å². The number of benzene rings is 2. The molecule has 4 rings (SSSR count). The van der Waals surface area contributed by atoms with Crippen molar-refractivity contribution in [2.45, 2.75) is 20.3 Å². The van der Waals surface area contributed by atoms with Crippen LogP contribution >= 0.6 is 0 Å². The molecule has 2 aliphatic heterocycles. The number of nitrogens with zero attached hydrogens (tertiary/aromatic N) is 3. The van der Waals surface area contributed by atoms with Gasteiger partial charge in [-0.2, -0.15) is 0 Å². The van der Waals surface area contributed by atoms with Gasteiger partial charge in [-0.25, -0.2) is 0 Å². The second kappa shape index (κ2) is 10.8. The van der Waals surface area contributed by atoms with E-state index in [0.29, 0.717) is 37.4 Å². The van der Waals surface area contributed by atoms with Crippen molar-refractivity contribution >= 4 is 28.8 Å². The lowest BCUT2D eigenvalue weighted by Crippen LogP contribution is -2.44. The van der Waals surface area contributed by atoms with Gasteiger partial charge in [0.15, 0.2) is 0 Å². The number of amides is 2. The molecule has 34 heavy (non-hydrogen) atoms. The van der Waals surface area contributed by atoms with E-state index < -0.39 is 0 Å². The fraction of sp³-hybridized carbons (Fsp3) is 0.407. The van der Waals surface area contributed by atoms with Gasteiger partial charge in [-0.05, 0) is 57.1 Å². The summed E-state index contributed by atoms with van der Waals surface area (Å²) < 4.78 is 5.39. The number of hydrogen-bond acceptors (Lipinski definition) is 6. The number of aryl methyl sites for hydroxylation is 1. The number of carbonyl (C=O) groups excluding carboxylic acids is 2. The third-order valence-corrected chi connectivity index (χ3v) is 6.39. The molecule has 1 saturated heterocycles. The SMILES string of the molecule is CCOCCCN1C(=O)C(Nc2ccc(N3CCN(C)CC3)cc2)=C(c2ccc(C)cc2)C1=O. The van der Waals surface area contributed by atoms with E-state index >= 15 is 0 Å². The standard InChI is InChI=1S/C27H34N4O3/c1-4-34-19-5-14-31-26(32)24(21-8-6-20(2)7-9-21)25(27(31)33)28-22-10-12-23(13-11-22)30-17-15-29(3)16-18-30/h6-13,28H,4-5,14-19H2,1-3H3. The number of ether oxygens (including phenoxy) is 1.